The Balaban J connectivity index is 2.63. The fourth-order valence-corrected chi connectivity index (χ4v) is 1.40. The maximum atomic E-state index is 13.3. The molecule has 0 spiro atoms. The van der Waals surface area contributed by atoms with Crippen LogP contribution in [-0.2, 0) is 4.79 Å². The van der Waals surface area contributed by atoms with Crippen molar-refractivity contribution in [2.75, 3.05) is 6.54 Å². The molecule has 0 radical (unpaired) electrons. The lowest BCUT2D eigenvalue weighted by atomic mass is 10.2. The number of rotatable bonds is 4. The van der Waals surface area contributed by atoms with Gasteiger partial charge in [0.2, 0.25) is 5.91 Å². The minimum atomic E-state index is -0.619. The average molecular weight is 289 g/mol. The molecule has 2 amide bonds. The number of amides is 2. The lowest BCUT2D eigenvalue weighted by Crippen LogP contribution is -2.28. The van der Waals surface area contributed by atoms with Crippen LogP contribution in [0.4, 0.5) is 4.39 Å². The summed E-state index contributed by atoms with van der Waals surface area (Å²) in [7, 11) is 0. The summed E-state index contributed by atoms with van der Waals surface area (Å²) in [6.45, 7) is 0.101. The number of halogens is 2. The van der Waals surface area contributed by atoms with E-state index in [9.17, 15) is 14.0 Å². The molecule has 0 unspecified atom stereocenters. The van der Waals surface area contributed by atoms with E-state index in [4.69, 9.17) is 5.73 Å². The van der Waals surface area contributed by atoms with Crippen LogP contribution in [0.3, 0.4) is 0 Å². The molecule has 0 bridgehead atoms. The normalized spacial score (nSPS) is 9.88. The zero-order valence-corrected chi connectivity index (χ0v) is 9.88. The van der Waals surface area contributed by atoms with E-state index in [0.717, 1.165) is 0 Å². The summed E-state index contributed by atoms with van der Waals surface area (Å²) in [5.74, 6) is -1.70. The predicted octanol–water partition coefficient (Wildman–Crippen LogP) is 1.19. The number of carbonyl (C=O) groups is 2. The van der Waals surface area contributed by atoms with Gasteiger partial charge in [-0.15, -0.1) is 0 Å². The monoisotopic (exact) mass is 288 g/mol. The van der Waals surface area contributed by atoms with E-state index in [1.54, 1.807) is 6.07 Å². The summed E-state index contributed by atoms with van der Waals surface area (Å²) in [5.41, 5.74) is 4.83. The van der Waals surface area contributed by atoms with Gasteiger partial charge < -0.3 is 11.1 Å². The number of benzene rings is 1. The van der Waals surface area contributed by atoms with Crippen LogP contribution in [0.15, 0.2) is 22.7 Å². The molecule has 4 nitrogen and oxygen atoms in total. The second kappa shape index (κ2) is 5.60. The summed E-state index contributed by atoms with van der Waals surface area (Å²) < 4.78 is 13.9. The first-order valence-electron chi connectivity index (χ1n) is 4.52. The fraction of sp³-hybridized carbons (Fsp3) is 0.200. The van der Waals surface area contributed by atoms with Crippen molar-refractivity contribution in [2.45, 2.75) is 6.42 Å². The van der Waals surface area contributed by atoms with Crippen LogP contribution in [-0.4, -0.2) is 18.4 Å². The van der Waals surface area contributed by atoms with Crippen LogP contribution in [0.1, 0.15) is 16.8 Å². The van der Waals surface area contributed by atoms with Crippen LogP contribution in [0.25, 0.3) is 0 Å². The molecule has 3 N–H and O–H groups in total. The van der Waals surface area contributed by atoms with Crippen LogP contribution in [0.2, 0.25) is 0 Å². The number of carbonyl (C=O) groups excluding carboxylic acids is 2. The van der Waals surface area contributed by atoms with Gasteiger partial charge in [0.15, 0.2) is 0 Å². The average Bonchev–Trinajstić information content (AvgIpc) is 2.16. The zero-order chi connectivity index (χ0) is 12.1. The number of primary amides is 1. The third-order valence-electron chi connectivity index (χ3n) is 1.83. The van der Waals surface area contributed by atoms with E-state index in [2.05, 4.69) is 21.2 Å². The third kappa shape index (κ3) is 3.62. The molecule has 16 heavy (non-hydrogen) atoms. The van der Waals surface area contributed by atoms with Crippen molar-refractivity contribution >= 4 is 27.7 Å². The van der Waals surface area contributed by atoms with Gasteiger partial charge in [-0.1, -0.05) is 15.9 Å². The molecular weight excluding hydrogens is 279 g/mol. The Morgan fingerprint density at radius 3 is 2.69 bits per heavy atom. The molecule has 1 rings (SSSR count). The van der Waals surface area contributed by atoms with E-state index in [1.807, 2.05) is 0 Å². The van der Waals surface area contributed by atoms with Gasteiger partial charge >= 0.3 is 0 Å². The molecule has 86 valence electrons. The van der Waals surface area contributed by atoms with Gasteiger partial charge in [-0.2, -0.15) is 0 Å². The molecule has 1 aromatic rings. The maximum absolute atomic E-state index is 13.3. The molecule has 0 aromatic heterocycles. The second-order valence-corrected chi connectivity index (χ2v) is 4.01. The highest BCUT2D eigenvalue weighted by molar-refractivity contribution is 9.10. The Bertz CT molecular complexity index is 423. The van der Waals surface area contributed by atoms with E-state index >= 15 is 0 Å². The van der Waals surface area contributed by atoms with Crippen molar-refractivity contribution in [2.24, 2.45) is 5.73 Å². The van der Waals surface area contributed by atoms with Gasteiger partial charge in [0.05, 0.1) is 5.56 Å². The van der Waals surface area contributed by atoms with Gasteiger partial charge in [-0.25, -0.2) is 4.39 Å². The number of hydrogen-bond donors (Lipinski definition) is 2. The minimum Gasteiger partial charge on any atom is -0.370 e. The summed E-state index contributed by atoms with van der Waals surface area (Å²) in [6, 6.07) is 4.12. The molecule has 0 aliphatic rings. The first-order valence-corrected chi connectivity index (χ1v) is 5.31. The summed E-state index contributed by atoms with van der Waals surface area (Å²) in [6.07, 6.45) is 0.0316. The molecule has 6 heteroatoms. The van der Waals surface area contributed by atoms with E-state index in [-0.39, 0.29) is 18.5 Å². The van der Waals surface area contributed by atoms with Crippen molar-refractivity contribution in [3.8, 4) is 0 Å². The molecule has 0 fully saturated rings. The Hall–Kier alpha value is -1.43. The van der Waals surface area contributed by atoms with Gasteiger partial charge in [-0.3, -0.25) is 9.59 Å². The standard InChI is InChI=1S/C10H10BrFN2O2/c11-6-1-2-7(8(12)5-6)10(16)14-4-3-9(13)15/h1-2,5H,3-4H2,(H2,13,15)(H,14,16). The zero-order valence-electron chi connectivity index (χ0n) is 8.30. The minimum absolute atomic E-state index is 0.0316. The number of nitrogens with one attached hydrogen (secondary N) is 1. The van der Waals surface area contributed by atoms with Crippen LogP contribution in [0.5, 0.6) is 0 Å². The Morgan fingerprint density at radius 2 is 2.12 bits per heavy atom. The van der Waals surface area contributed by atoms with Crippen molar-refractivity contribution in [1.82, 2.24) is 5.32 Å². The van der Waals surface area contributed by atoms with Gasteiger partial charge in [-0.05, 0) is 18.2 Å². The van der Waals surface area contributed by atoms with Crippen LogP contribution >= 0.6 is 15.9 Å². The highest BCUT2D eigenvalue weighted by atomic mass is 79.9. The Kier molecular flexibility index (Phi) is 4.42. The summed E-state index contributed by atoms with van der Waals surface area (Å²) in [4.78, 5) is 21.9. The summed E-state index contributed by atoms with van der Waals surface area (Å²) >= 11 is 3.08. The SMILES string of the molecule is NC(=O)CCNC(=O)c1ccc(Br)cc1F. The van der Waals surface area contributed by atoms with Crippen LogP contribution in [0, 0.1) is 5.82 Å². The smallest absolute Gasteiger partial charge is 0.254 e. The first kappa shape index (κ1) is 12.6. The highest BCUT2D eigenvalue weighted by Crippen LogP contribution is 2.14. The lowest BCUT2D eigenvalue weighted by molar-refractivity contribution is -0.117. The highest BCUT2D eigenvalue weighted by Gasteiger charge is 2.11. The molecule has 1 aromatic carbocycles. The summed E-state index contributed by atoms with van der Waals surface area (Å²) in [5, 5.41) is 2.40. The molecule has 0 aliphatic heterocycles. The quantitative estimate of drug-likeness (QED) is 0.874. The Labute approximate surface area is 100 Å². The topological polar surface area (TPSA) is 72.2 Å². The first-order chi connectivity index (χ1) is 7.50. The van der Waals surface area contributed by atoms with Gasteiger partial charge in [0, 0.05) is 17.4 Å². The fourth-order valence-electron chi connectivity index (χ4n) is 1.07. The second-order valence-electron chi connectivity index (χ2n) is 3.10. The van der Waals surface area contributed by atoms with E-state index < -0.39 is 17.6 Å². The van der Waals surface area contributed by atoms with Crippen LogP contribution < -0.4 is 11.1 Å². The van der Waals surface area contributed by atoms with Crippen molar-refractivity contribution in [3.05, 3.63) is 34.1 Å². The molecule has 0 heterocycles. The predicted molar refractivity (Wildman–Crippen MR) is 60.2 cm³/mol. The van der Waals surface area contributed by atoms with E-state index in [0.29, 0.717) is 4.47 Å². The maximum Gasteiger partial charge on any atom is 0.254 e. The Morgan fingerprint density at radius 1 is 1.44 bits per heavy atom. The van der Waals surface area contributed by atoms with E-state index in [1.165, 1.54) is 12.1 Å². The lowest BCUT2D eigenvalue weighted by Gasteiger charge is -2.04. The number of hydrogen-bond acceptors (Lipinski definition) is 2. The van der Waals surface area contributed by atoms with Gasteiger partial charge in [0.1, 0.15) is 5.82 Å². The van der Waals surface area contributed by atoms with Crippen molar-refractivity contribution in [1.29, 1.82) is 0 Å². The van der Waals surface area contributed by atoms with Crippen molar-refractivity contribution in [3.63, 3.8) is 0 Å². The molecular formula is C10H10BrFN2O2. The molecule has 0 aliphatic carbocycles. The van der Waals surface area contributed by atoms with Gasteiger partial charge in [0.25, 0.3) is 5.91 Å². The molecule has 0 saturated heterocycles. The molecule has 0 saturated carbocycles. The number of nitrogens with two attached hydrogens (primary N) is 1. The van der Waals surface area contributed by atoms with Crippen molar-refractivity contribution < 1.29 is 14.0 Å². The largest absolute Gasteiger partial charge is 0.370 e. The molecule has 0 atom stereocenters. The third-order valence-corrected chi connectivity index (χ3v) is 2.33.